The molecule has 1 aliphatic carbocycles. The van der Waals surface area contributed by atoms with Gasteiger partial charge in [-0.15, -0.1) is 0 Å². The van der Waals surface area contributed by atoms with Crippen LogP contribution < -0.4 is 5.32 Å². The lowest BCUT2D eigenvalue weighted by molar-refractivity contribution is 0.0953. The third-order valence-electron chi connectivity index (χ3n) is 2.70. The molecule has 1 aromatic carbocycles. The van der Waals surface area contributed by atoms with Crippen molar-refractivity contribution in [1.29, 1.82) is 0 Å². The Labute approximate surface area is 103 Å². The molecule has 0 radical (unpaired) electrons. The van der Waals surface area contributed by atoms with Crippen molar-refractivity contribution in [2.45, 2.75) is 17.7 Å². The van der Waals surface area contributed by atoms with E-state index in [1.807, 2.05) is 0 Å². The van der Waals surface area contributed by atoms with Crippen LogP contribution in [0.2, 0.25) is 0 Å². The number of phenolic OH excluding ortho intramolecular Hbond substituents is 1. The Morgan fingerprint density at radius 1 is 1.56 bits per heavy atom. The lowest BCUT2D eigenvalue weighted by Gasteiger charge is -2.10. The minimum Gasteiger partial charge on any atom is -0.508 e. The number of amides is 1. The second kappa shape index (κ2) is 4.87. The van der Waals surface area contributed by atoms with Crippen LogP contribution in [0.1, 0.15) is 23.2 Å². The summed E-state index contributed by atoms with van der Waals surface area (Å²) in [5.41, 5.74) is 0.496. The van der Waals surface area contributed by atoms with Crippen molar-refractivity contribution in [1.82, 2.24) is 5.32 Å². The van der Waals surface area contributed by atoms with E-state index in [2.05, 4.69) is 21.2 Å². The lowest BCUT2D eigenvalue weighted by Crippen LogP contribution is -2.30. The molecule has 0 aromatic heterocycles. The maximum Gasteiger partial charge on any atom is 0.251 e. The van der Waals surface area contributed by atoms with Gasteiger partial charge in [-0.2, -0.15) is 0 Å². The first-order chi connectivity index (χ1) is 7.66. The van der Waals surface area contributed by atoms with Crippen molar-refractivity contribution in [3.8, 4) is 5.75 Å². The molecule has 1 amide bonds. The van der Waals surface area contributed by atoms with Crippen LogP contribution >= 0.6 is 15.9 Å². The summed E-state index contributed by atoms with van der Waals surface area (Å²) in [6.07, 6.45) is 2.50. The maximum absolute atomic E-state index is 11.7. The van der Waals surface area contributed by atoms with Gasteiger partial charge in [0.25, 0.3) is 5.91 Å². The quantitative estimate of drug-likeness (QED) is 0.833. The van der Waals surface area contributed by atoms with E-state index in [-0.39, 0.29) is 11.7 Å². The predicted molar refractivity (Wildman–Crippen MR) is 65.9 cm³/mol. The van der Waals surface area contributed by atoms with Gasteiger partial charge in [-0.25, -0.2) is 0 Å². The van der Waals surface area contributed by atoms with E-state index in [4.69, 9.17) is 0 Å². The van der Waals surface area contributed by atoms with Gasteiger partial charge in [0.15, 0.2) is 0 Å². The summed E-state index contributed by atoms with van der Waals surface area (Å²) in [4.78, 5) is 12.1. The molecule has 16 heavy (non-hydrogen) atoms. The molecule has 0 saturated heterocycles. The normalized spacial score (nSPS) is 16.8. The van der Waals surface area contributed by atoms with Gasteiger partial charge in [-0.3, -0.25) is 4.79 Å². The number of halogens is 1. The first-order valence-corrected chi connectivity index (χ1v) is 6.29. The average Bonchev–Trinajstić information content (AvgIpc) is 3.09. The maximum atomic E-state index is 11.7. The smallest absolute Gasteiger partial charge is 0.251 e. The summed E-state index contributed by atoms with van der Waals surface area (Å²) in [5.74, 6) is 0.690. The number of hydrogen-bond acceptors (Lipinski definition) is 2. The minimum atomic E-state index is -0.138. The van der Waals surface area contributed by atoms with Gasteiger partial charge in [0.2, 0.25) is 0 Å². The minimum absolute atomic E-state index is 0.116. The third kappa shape index (κ3) is 2.98. The van der Waals surface area contributed by atoms with Crippen molar-refractivity contribution >= 4 is 21.8 Å². The SMILES string of the molecule is O=C(NCC(Br)C1CC1)c1cccc(O)c1. The fraction of sp³-hybridized carbons (Fsp3) is 0.417. The third-order valence-corrected chi connectivity index (χ3v) is 3.77. The lowest BCUT2D eigenvalue weighted by atomic mass is 10.2. The summed E-state index contributed by atoms with van der Waals surface area (Å²) in [5, 5.41) is 12.1. The Bertz CT molecular complexity index is 390. The van der Waals surface area contributed by atoms with E-state index in [9.17, 15) is 9.90 Å². The number of carbonyl (C=O) groups excluding carboxylic acids is 1. The second-order valence-corrected chi connectivity index (χ2v) is 5.29. The van der Waals surface area contributed by atoms with Gasteiger partial charge < -0.3 is 10.4 Å². The summed E-state index contributed by atoms with van der Waals surface area (Å²) in [6, 6.07) is 6.37. The van der Waals surface area contributed by atoms with E-state index >= 15 is 0 Å². The molecule has 4 heteroatoms. The standard InChI is InChI=1S/C12H14BrNO2/c13-11(8-4-5-8)7-14-12(16)9-2-1-3-10(15)6-9/h1-3,6,8,11,15H,4-5,7H2,(H,14,16). The van der Waals surface area contributed by atoms with E-state index in [0.29, 0.717) is 22.9 Å². The molecule has 2 rings (SSSR count). The van der Waals surface area contributed by atoms with Gasteiger partial charge in [0.1, 0.15) is 5.75 Å². The second-order valence-electron chi connectivity index (χ2n) is 4.11. The molecule has 1 fully saturated rings. The number of aromatic hydroxyl groups is 1. The topological polar surface area (TPSA) is 49.3 Å². The number of alkyl halides is 1. The first-order valence-electron chi connectivity index (χ1n) is 5.38. The van der Waals surface area contributed by atoms with Crippen LogP contribution in [0.3, 0.4) is 0 Å². The molecule has 3 nitrogen and oxygen atoms in total. The highest BCUT2D eigenvalue weighted by Gasteiger charge is 2.29. The zero-order valence-electron chi connectivity index (χ0n) is 8.82. The van der Waals surface area contributed by atoms with Gasteiger partial charge in [-0.1, -0.05) is 22.0 Å². The fourth-order valence-electron chi connectivity index (χ4n) is 1.56. The molecule has 0 aliphatic heterocycles. The highest BCUT2D eigenvalue weighted by atomic mass is 79.9. The fourth-order valence-corrected chi connectivity index (χ4v) is 2.25. The number of phenols is 1. The first kappa shape index (κ1) is 11.5. The number of carbonyl (C=O) groups is 1. The molecule has 0 spiro atoms. The zero-order chi connectivity index (χ0) is 11.5. The Morgan fingerprint density at radius 3 is 2.94 bits per heavy atom. The molecule has 1 aliphatic rings. The molecule has 1 unspecified atom stereocenters. The summed E-state index contributed by atoms with van der Waals surface area (Å²) >= 11 is 3.56. The van der Waals surface area contributed by atoms with Crippen molar-refractivity contribution in [3.05, 3.63) is 29.8 Å². The Kier molecular flexibility index (Phi) is 3.49. The van der Waals surface area contributed by atoms with Crippen molar-refractivity contribution in [2.75, 3.05) is 6.54 Å². The van der Waals surface area contributed by atoms with Crippen LogP contribution in [0.4, 0.5) is 0 Å². The van der Waals surface area contributed by atoms with Crippen molar-refractivity contribution in [3.63, 3.8) is 0 Å². The zero-order valence-corrected chi connectivity index (χ0v) is 10.4. The van der Waals surface area contributed by atoms with Crippen LogP contribution in [-0.2, 0) is 0 Å². The molecule has 86 valence electrons. The molecule has 0 bridgehead atoms. The summed E-state index contributed by atoms with van der Waals surface area (Å²) in [7, 11) is 0. The van der Waals surface area contributed by atoms with E-state index < -0.39 is 0 Å². The highest BCUT2D eigenvalue weighted by molar-refractivity contribution is 9.09. The van der Waals surface area contributed by atoms with Crippen molar-refractivity contribution < 1.29 is 9.90 Å². The molecule has 1 atom stereocenters. The number of benzene rings is 1. The number of hydrogen-bond donors (Lipinski definition) is 2. The molecule has 0 heterocycles. The van der Waals surface area contributed by atoms with Crippen LogP contribution in [0.5, 0.6) is 5.75 Å². The largest absolute Gasteiger partial charge is 0.508 e. The molecule has 1 saturated carbocycles. The summed E-state index contributed by atoms with van der Waals surface area (Å²) < 4.78 is 0. The molecule has 1 aromatic rings. The Morgan fingerprint density at radius 2 is 2.31 bits per heavy atom. The van der Waals surface area contributed by atoms with E-state index in [1.165, 1.54) is 18.9 Å². The highest BCUT2D eigenvalue weighted by Crippen LogP contribution is 2.36. The van der Waals surface area contributed by atoms with Gasteiger partial charge in [0, 0.05) is 16.9 Å². The van der Waals surface area contributed by atoms with Crippen LogP contribution in [0.15, 0.2) is 24.3 Å². The number of rotatable bonds is 4. The van der Waals surface area contributed by atoms with Crippen LogP contribution in [0.25, 0.3) is 0 Å². The monoisotopic (exact) mass is 283 g/mol. The predicted octanol–water partition coefficient (Wildman–Crippen LogP) is 2.30. The Balaban J connectivity index is 1.87. The molecular weight excluding hydrogens is 270 g/mol. The van der Waals surface area contributed by atoms with Crippen LogP contribution in [-0.4, -0.2) is 22.4 Å². The van der Waals surface area contributed by atoms with Crippen LogP contribution in [0, 0.1) is 5.92 Å². The van der Waals surface area contributed by atoms with Gasteiger partial charge in [0.05, 0.1) is 0 Å². The molecular formula is C12H14BrNO2. The average molecular weight is 284 g/mol. The summed E-state index contributed by atoms with van der Waals surface area (Å²) in [6.45, 7) is 0.638. The van der Waals surface area contributed by atoms with Gasteiger partial charge >= 0.3 is 0 Å². The molecule has 2 N–H and O–H groups in total. The van der Waals surface area contributed by atoms with Gasteiger partial charge in [-0.05, 0) is 37.0 Å². The number of nitrogens with one attached hydrogen (secondary N) is 1. The van der Waals surface area contributed by atoms with Crippen molar-refractivity contribution in [2.24, 2.45) is 5.92 Å². The Hall–Kier alpha value is -1.03. The van der Waals surface area contributed by atoms with E-state index in [0.717, 1.165) is 0 Å². The van der Waals surface area contributed by atoms with E-state index in [1.54, 1.807) is 18.2 Å².